The van der Waals surface area contributed by atoms with Crippen molar-refractivity contribution in [3.05, 3.63) is 23.5 Å². The Balaban J connectivity index is 2.42. The predicted octanol–water partition coefficient (Wildman–Crippen LogP) is 1.12. The van der Waals surface area contributed by atoms with Gasteiger partial charge in [-0.1, -0.05) is 0 Å². The van der Waals surface area contributed by atoms with Gasteiger partial charge in [0.25, 0.3) is 0 Å². The molecule has 0 fully saturated rings. The lowest BCUT2D eigenvalue weighted by molar-refractivity contribution is 0.798. The maximum absolute atomic E-state index is 4.38. The summed E-state index contributed by atoms with van der Waals surface area (Å²) < 4.78 is 2.04. The van der Waals surface area contributed by atoms with E-state index in [1.165, 1.54) is 0 Å². The Bertz CT molecular complexity index is 321. The summed E-state index contributed by atoms with van der Waals surface area (Å²) in [6, 6.07) is 0. The monoisotopic (exact) mass is 167 g/mol. The van der Waals surface area contributed by atoms with Crippen LogP contribution < -0.4 is 5.32 Å². The molecule has 2 aromatic rings. The first kappa shape index (κ1) is 6.82. The first-order chi connectivity index (χ1) is 5.40. The van der Waals surface area contributed by atoms with E-state index in [-0.39, 0.29) is 0 Å². The van der Waals surface area contributed by atoms with Crippen LogP contribution in [0, 0.1) is 0 Å². The molecule has 0 unspecified atom stereocenters. The number of rotatable bonds is 2. The molecule has 1 N–H and O–H groups in total. The zero-order valence-corrected chi connectivity index (χ0v) is 7.06. The van der Waals surface area contributed by atoms with Crippen LogP contribution in [-0.4, -0.2) is 16.4 Å². The molecule has 4 heteroatoms. The molecule has 0 spiro atoms. The minimum absolute atomic E-state index is 0.842. The van der Waals surface area contributed by atoms with Gasteiger partial charge < -0.3 is 5.32 Å². The summed E-state index contributed by atoms with van der Waals surface area (Å²) in [5.74, 6) is 0. The molecule has 3 nitrogen and oxygen atoms in total. The predicted molar refractivity (Wildman–Crippen MR) is 45.8 cm³/mol. The van der Waals surface area contributed by atoms with E-state index in [4.69, 9.17) is 0 Å². The van der Waals surface area contributed by atoms with Gasteiger partial charge in [-0.2, -0.15) is 0 Å². The summed E-state index contributed by atoms with van der Waals surface area (Å²) in [5.41, 5.74) is 1.10. The van der Waals surface area contributed by atoms with E-state index >= 15 is 0 Å². The summed E-state index contributed by atoms with van der Waals surface area (Å²) >= 11 is 1.66. The molecule has 2 aromatic heterocycles. The molecule has 0 aliphatic carbocycles. The molecular formula is C7H9N3S. The number of thiazole rings is 1. The third-order valence-electron chi connectivity index (χ3n) is 1.50. The lowest BCUT2D eigenvalue weighted by atomic mass is 10.5. The summed E-state index contributed by atoms with van der Waals surface area (Å²) in [6.07, 6.45) is 4.06. The molecule has 0 atom stereocenters. The second-order valence-corrected chi connectivity index (χ2v) is 3.23. The summed E-state index contributed by atoms with van der Waals surface area (Å²) in [5, 5.41) is 5.10. The van der Waals surface area contributed by atoms with Gasteiger partial charge in [0.15, 0.2) is 4.96 Å². The number of nitrogens with one attached hydrogen (secondary N) is 1. The van der Waals surface area contributed by atoms with E-state index in [9.17, 15) is 0 Å². The Kier molecular flexibility index (Phi) is 1.63. The maximum atomic E-state index is 4.38. The van der Waals surface area contributed by atoms with E-state index in [0.29, 0.717) is 0 Å². The van der Waals surface area contributed by atoms with E-state index in [0.717, 1.165) is 17.2 Å². The number of aromatic nitrogens is 2. The van der Waals surface area contributed by atoms with Gasteiger partial charge in [-0.05, 0) is 7.05 Å². The molecular weight excluding hydrogens is 158 g/mol. The molecule has 0 radical (unpaired) electrons. The Morgan fingerprint density at radius 1 is 1.73 bits per heavy atom. The van der Waals surface area contributed by atoms with Crippen molar-refractivity contribution in [3.8, 4) is 0 Å². The highest BCUT2D eigenvalue weighted by Gasteiger charge is 1.99. The highest BCUT2D eigenvalue weighted by Crippen LogP contribution is 2.10. The minimum atomic E-state index is 0.842. The molecule has 58 valence electrons. The number of imidazole rings is 1. The van der Waals surface area contributed by atoms with E-state index in [1.54, 1.807) is 11.3 Å². The molecule has 2 heterocycles. The quantitative estimate of drug-likeness (QED) is 0.726. The Morgan fingerprint density at radius 3 is 3.36 bits per heavy atom. The fourth-order valence-electron chi connectivity index (χ4n) is 1.04. The van der Waals surface area contributed by atoms with Crippen LogP contribution in [0.1, 0.15) is 5.69 Å². The Hall–Kier alpha value is -0.870. The summed E-state index contributed by atoms with van der Waals surface area (Å²) in [7, 11) is 1.92. The molecule has 0 aromatic carbocycles. The van der Waals surface area contributed by atoms with Gasteiger partial charge in [-0.15, -0.1) is 11.3 Å². The molecule has 11 heavy (non-hydrogen) atoms. The van der Waals surface area contributed by atoms with Crippen LogP contribution in [0.4, 0.5) is 0 Å². The Morgan fingerprint density at radius 2 is 2.64 bits per heavy atom. The Labute approximate surface area is 68.7 Å². The molecule has 0 amide bonds. The largest absolute Gasteiger partial charge is 0.314 e. The van der Waals surface area contributed by atoms with Gasteiger partial charge >= 0.3 is 0 Å². The van der Waals surface area contributed by atoms with Crippen molar-refractivity contribution in [2.45, 2.75) is 6.54 Å². The fraction of sp³-hybridized carbons (Fsp3) is 0.286. The maximum Gasteiger partial charge on any atom is 0.193 e. The molecule has 0 bridgehead atoms. The summed E-state index contributed by atoms with van der Waals surface area (Å²) in [4.78, 5) is 5.45. The zero-order valence-electron chi connectivity index (χ0n) is 6.24. The van der Waals surface area contributed by atoms with E-state index < -0.39 is 0 Å². The minimum Gasteiger partial charge on any atom is -0.314 e. The first-order valence-electron chi connectivity index (χ1n) is 3.46. The lowest BCUT2D eigenvalue weighted by Gasteiger charge is -1.88. The smallest absolute Gasteiger partial charge is 0.193 e. The molecule has 0 aliphatic rings. The second-order valence-electron chi connectivity index (χ2n) is 2.36. The zero-order chi connectivity index (χ0) is 7.68. The fourth-order valence-corrected chi connectivity index (χ4v) is 1.76. The van der Waals surface area contributed by atoms with Gasteiger partial charge in [0.05, 0.1) is 5.69 Å². The molecule has 2 rings (SSSR count). The van der Waals surface area contributed by atoms with Crippen molar-refractivity contribution < 1.29 is 0 Å². The van der Waals surface area contributed by atoms with Gasteiger partial charge in [-0.3, -0.25) is 4.40 Å². The van der Waals surface area contributed by atoms with Crippen LogP contribution in [0.15, 0.2) is 17.8 Å². The normalized spacial score (nSPS) is 11.0. The van der Waals surface area contributed by atoms with Crippen LogP contribution in [0.3, 0.4) is 0 Å². The van der Waals surface area contributed by atoms with E-state index in [1.807, 2.05) is 29.2 Å². The standard InChI is InChI=1S/C7H9N3S/c1-8-4-6-5-10-2-3-11-7(10)9-6/h2-3,5,8H,4H2,1H3. The van der Waals surface area contributed by atoms with Crippen molar-refractivity contribution in [2.24, 2.45) is 0 Å². The SMILES string of the molecule is CNCc1cn2ccsc2n1. The van der Waals surface area contributed by atoms with Crippen LogP contribution in [0.25, 0.3) is 4.96 Å². The van der Waals surface area contributed by atoms with Crippen LogP contribution in [0.2, 0.25) is 0 Å². The third-order valence-corrected chi connectivity index (χ3v) is 2.27. The first-order valence-corrected chi connectivity index (χ1v) is 4.34. The van der Waals surface area contributed by atoms with Crippen LogP contribution in [-0.2, 0) is 6.54 Å². The van der Waals surface area contributed by atoms with Gasteiger partial charge in [0.1, 0.15) is 0 Å². The van der Waals surface area contributed by atoms with Gasteiger partial charge in [-0.25, -0.2) is 4.98 Å². The number of nitrogens with zero attached hydrogens (tertiary/aromatic N) is 2. The highest BCUT2D eigenvalue weighted by atomic mass is 32.1. The van der Waals surface area contributed by atoms with Gasteiger partial charge in [0.2, 0.25) is 0 Å². The lowest BCUT2D eigenvalue weighted by Crippen LogP contribution is -2.04. The van der Waals surface area contributed by atoms with Crippen molar-refractivity contribution in [1.29, 1.82) is 0 Å². The van der Waals surface area contributed by atoms with Crippen molar-refractivity contribution >= 4 is 16.3 Å². The van der Waals surface area contributed by atoms with Crippen LogP contribution in [0.5, 0.6) is 0 Å². The van der Waals surface area contributed by atoms with Gasteiger partial charge in [0, 0.05) is 24.3 Å². The number of hydrogen-bond donors (Lipinski definition) is 1. The van der Waals surface area contributed by atoms with Crippen molar-refractivity contribution in [2.75, 3.05) is 7.05 Å². The average Bonchev–Trinajstić information content (AvgIpc) is 2.46. The molecule has 0 aliphatic heterocycles. The van der Waals surface area contributed by atoms with Crippen LogP contribution >= 0.6 is 11.3 Å². The average molecular weight is 167 g/mol. The topological polar surface area (TPSA) is 29.3 Å². The number of hydrogen-bond acceptors (Lipinski definition) is 3. The van der Waals surface area contributed by atoms with Crippen molar-refractivity contribution in [3.63, 3.8) is 0 Å². The molecule has 0 saturated carbocycles. The summed E-state index contributed by atoms with van der Waals surface area (Å²) in [6.45, 7) is 0.842. The second kappa shape index (κ2) is 2.64. The highest BCUT2D eigenvalue weighted by molar-refractivity contribution is 7.15. The molecule has 0 saturated heterocycles. The van der Waals surface area contributed by atoms with E-state index in [2.05, 4.69) is 10.3 Å². The van der Waals surface area contributed by atoms with Crippen molar-refractivity contribution in [1.82, 2.24) is 14.7 Å². The third kappa shape index (κ3) is 1.15. The number of fused-ring (bicyclic) bond motifs is 1.